The van der Waals surface area contributed by atoms with E-state index in [0.29, 0.717) is 22.9 Å². The Morgan fingerprint density at radius 3 is 2.51 bits per heavy atom. The third-order valence-corrected chi connectivity index (χ3v) is 7.56. The van der Waals surface area contributed by atoms with Gasteiger partial charge in [-0.05, 0) is 55.4 Å². The molecular formula is C32H34N8O. The predicted octanol–water partition coefficient (Wildman–Crippen LogP) is 4.99. The van der Waals surface area contributed by atoms with E-state index in [1.54, 1.807) is 18.7 Å². The molecule has 5 aromatic rings. The number of hydrogen-bond acceptors (Lipinski definition) is 7. The zero-order valence-corrected chi connectivity index (χ0v) is 23.4. The van der Waals surface area contributed by atoms with Gasteiger partial charge >= 0.3 is 0 Å². The summed E-state index contributed by atoms with van der Waals surface area (Å²) < 4.78 is 1.89. The fraction of sp³-hybridized carbons (Fsp3) is 0.250. The standard InChI is InChI=1S/C32H34N8O/c1-23(25-6-4-3-5-7-25)35-30-19-33-20-31(37-30)40-22-34-28-18-27(12-13-29(28)40)36-32(41)26-10-8-24(9-11-26)21-39-16-14-38(2)15-17-39/h3-13,18-20,22-23H,14-17,21H2,1-2H3,(H,35,37)(H,36,41)/t23-/m0/s1. The molecule has 0 spiro atoms. The molecule has 1 saturated heterocycles. The summed E-state index contributed by atoms with van der Waals surface area (Å²) >= 11 is 0. The lowest BCUT2D eigenvalue weighted by atomic mass is 10.1. The first kappa shape index (κ1) is 26.6. The third kappa shape index (κ3) is 6.26. The highest BCUT2D eigenvalue weighted by atomic mass is 16.1. The summed E-state index contributed by atoms with van der Waals surface area (Å²) in [5.74, 6) is 1.19. The molecule has 208 valence electrons. The number of imidazole rings is 1. The summed E-state index contributed by atoms with van der Waals surface area (Å²) in [6.45, 7) is 7.32. The Kier molecular flexibility index (Phi) is 7.71. The number of aromatic nitrogens is 4. The number of nitrogens with zero attached hydrogens (tertiary/aromatic N) is 6. The van der Waals surface area contributed by atoms with Crippen LogP contribution in [-0.4, -0.2) is 68.5 Å². The third-order valence-electron chi connectivity index (χ3n) is 7.56. The molecule has 9 nitrogen and oxygen atoms in total. The summed E-state index contributed by atoms with van der Waals surface area (Å²) in [6, 6.07) is 23.9. The molecule has 3 heterocycles. The van der Waals surface area contributed by atoms with E-state index in [0.717, 1.165) is 43.8 Å². The van der Waals surface area contributed by atoms with E-state index in [4.69, 9.17) is 4.98 Å². The van der Waals surface area contributed by atoms with Crippen LogP contribution in [0.5, 0.6) is 0 Å². The second kappa shape index (κ2) is 11.9. The number of likely N-dealkylation sites (N-methyl/N-ethyl adjacent to an activating group) is 1. The van der Waals surface area contributed by atoms with E-state index in [1.807, 2.05) is 65.2 Å². The Morgan fingerprint density at radius 1 is 0.951 bits per heavy atom. The molecule has 41 heavy (non-hydrogen) atoms. The van der Waals surface area contributed by atoms with E-state index >= 15 is 0 Å². The van der Waals surface area contributed by atoms with Crippen molar-refractivity contribution >= 4 is 28.4 Å². The topological polar surface area (TPSA) is 91.2 Å². The maximum atomic E-state index is 13.0. The van der Waals surface area contributed by atoms with Crippen molar-refractivity contribution in [1.82, 2.24) is 29.3 Å². The van der Waals surface area contributed by atoms with E-state index < -0.39 is 0 Å². The van der Waals surface area contributed by atoms with Crippen molar-refractivity contribution < 1.29 is 4.79 Å². The maximum absolute atomic E-state index is 13.0. The van der Waals surface area contributed by atoms with Crippen molar-refractivity contribution in [1.29, 1.82) is 0 Å². The molecule has 1 aliphatic rings. The molecule has 0 unspecified atom stereocenters. The number of piperazine rings is 1. The summed E-state index contributed by atoms with van der Waals surface area (Å²) in [4.78, 5) is 31.5. The Labute approximate surface area is 239 Å². The molecule has 1 fully saturated rings. The van der Waals surface area contributed by atoms with Crippen LogP contribution in [0.3, 0.4) is 0 Å². The van der Waals surface area contributed by atoms with Crippen LogP contribution in [0, 0.1) is 0 Å². The van der Waals surface area contributed by atoms with Crippen LogP contribution in [0.4, 0.5) is 11.5 Å². The first-order valence-electron chi connectivity index (χ1n) is 13.9. The van der Waals surface area contributed by atoms with Gasteiger partial charge in [0.05, 0.1) is 23.4 Å². The lowest BCUT2D eigenvalue weighted by molar-refractivity contribution is 0.102. The van der Waals surface area contributed by atoms with Crippen LogP contribution in [0.2, 0.25) is 0 Å². The molecule has 0 radical (unpaired) electrons. The number of fused-ring (bicyclic) bond motifs is 1. The fourth-order valence-electron chi connectivity index (χ4n) is 5.09. The molecule has 0 saturated carbocycles. The van der Waals surface area contributed by atoms with Gasteiger partial charge in [-0.25, -0.2) is 9.97 Å². The number of rotatable bonds is 8. The minimum atomic E-state index is -0.146. The highest BCUT2D eigenvalue weighted by Crippen LogP contribution is 2.23. The minimum Gasteiger partial charge on any atom is -0.362 e. The van der Waals surface area contributed by atoms with Gasteiger partial charge in [-0.1, -0.05) is 42.5 Å². The predicted molar refractivity (Wildman–Crippen MR) is 162 cm³/mol. The van der Waals surface area contributed by atoms with Crippen molar-refractivity contribution in [2.45, 2.75) is 19.5 Å². The van der Waals surface area contributed by atoms with Gasteiger partial charge in [-0.3, -0.25) is 19.2 Å². The largest absolute Gasteiger partial charge is 0.362 e. The molecule has 1 amide bonds. The Hall–Kier alpha value is -4.60. The van der Waals surface area contributed by atoms with Crippen molar-refractivity contribution in [2.24, 2.45) is 0 Å². The SMILES string of the molecule is C[C@H](Nc1cncc(-n2cnc3cc(NC(=O)c4ccc(CN5CCN(C)CC5)cc4)ccc32)n1)c1ccccc1. The smallest absolute Gasteiger partial charge is 0.255 e. The molecule has 3 aromatic carbocycles. The average molecular weight is 547 g/mol. The van der Waals surface area contributed by atoms with Gasteiger partial charge in [0.25, 0.3) is 5.91 Å². The number of nitrogens with one attached hydrogen (secondary N) is 2. The summed E-state index contributed by atoms with van der Waals surface area (Å²) in [5.41, 5.74) is 5.33. The minimum absolute atomic E-state index is 0.0830. The normalized spacial score (nSPS) is 15.1. The molecule has 2 N–H and O–H groups in total. The average Bonchev–Trinajstić information content (AvgIpc) is 3.43. The second-order valence-electron chi connectivity index (χ2n) is 10.6. The Morgan fingerprint density at radius 2 is 1.73 bits per heavy atom. The van der Waals surface area contributed by atoms with E-state index in [-0.39, 0.29) is 11.9 Å². The molecule has 2 aromatic heterocycles. The van der Waals surface area contributed by atoms with Crippen LogP contribution in [0.15, 0.2) is 91.5 Å². The van der Waals surface area contributed by atoms with E-state index in [1.165, 1.54) is 11.1 Å². The Balaban J connectivity index is 1.11. The van der Waals surface area contributed by atoms with Gasteiger partial charge in [0.2, 0.25) is 0 Å². The molecule has 1 atom stereocenters. The second-order valence-corrected chi connectivity index (χ2v) is 10.6. The molecule has 1 aliphatic heterocycles. The molecule has 0 aliphatic carbocycles. The molecule has 0 bridgehead atoms. The van der Waals surface area contributed by atoms with Gasteiger partial charge in [-0.15, -0.1) is 0 Å². The lowest BCUT2D eigenvalue weighted by Crippen LogP contribution is -2.43. The monoisotopic (exact) mass is 546 g/mol. The highest BCUT2D eigenvalue weighted by molar-refractivity contribution is 6.05. The van der Waals surface area contributed by atoms with Crippen LogP contribution in [0.25, 0.3) is 16.9 Å². The fourth-order valence-corrected chi connectivity index (χ4v) is 5.09. The van der Waals surface area contributed by atoms with Crippen molar-refractivity contribution in [3.63, 3.8) is 0 Å². The summed E-state index contributed by atoms with van der Waals surface area (Å²) in [6.07, 6.45) is 5.15. The first-order valence-corrected chi connectivity index (χ1v) is 13.9. The summed E-state index contributed by atoms with van der Waals surface area (Å²) in [7, 11) is 2.16. The number of anilines is 2. The Bertz CT molecular complexity index is 1630. The molecule has 9 heteroatoms. The maximum Gasteiger partial charge on any atom is 0.255 e. The van der Waals surface area contributed by atoms with E-state index in [2.05, 4.69) is 56.5 Å². The zero-order valence-electron chi connectivity index (χ0n) is 23.4. The van der Waals surface area contributed by atoms with Crippen LogP contribution in [0.1, 0.15) is 34.5 Å². The quantitative estimate of drug-likeness (QED) is 0.283. The summed E-state index contributed by atoms with van der Waals surface area (Å²) in [5, 5.41) is 6.43. The lowest BCUT2D eigenvalue weighted by Gasteiger charge is -2.32. The van der Waals surface area contributed by atoms with Gasteiger partial charge in [-0.2, -0.15) is 0 Å². The number of hydrogen-bond donors (Lipinski definition) is 2. The van der Waals surface area contributed by atoms with Crippen LogP contribution in [-0.2, 0) is 6.54 Å². The number of amides is 1. The van der Waals surface area contributed by atoms with Crippen molar-refractivity contribution in [2.75, 3.05) is 43.9 Å². The number of benzene rings is 3. The van der Waals surface area contributed by atoms with Crippen molar-refractivity contribution in [3.05, 3.63) is 108 Å². The highest BCUT2D eigenvalue weighted by Gasteiger charge is 2.15. The first-order chi connectivity index (χ1) is 20.0. The van der Waals surface area contributed by atoms with Gasteiger partial charge in [0, 0.05) is 50.0 Å². The van der Waals surface area contributed by atoms with Gasteiger partial charge < -0.3 is 15.5 Å². The van der Waals surface area contributed by atoms with Crippen LogP contribution >= 0.6 is 0 Å². The number of carbonyl (C=O) groups excluding carboxylic acids is 1. The van der Waals surface area contributed by atoms with Gasteiger partial charge in [0.15, 0.2) is 5.82 Å². The molecule has 6 rings (SSSR count). The van der Waals surface area contributed by atoms with Crippen LogP contribution < -0.4 is 10.6 Å². The zero-order chi connectivity index (χ0) is 28.2. The number of carbonyl (C=O) groups is 1. The van der Waals surface area contributed by atoms with Crippen molar-refractivity contribution in [3.8, 4) is 5.82 Å². The van der Waals surface area contributed by atoms with E-state index in [9.17, 15) is 4.79 Å². The molecular weight excluding hydrogens is 512 g/mol. The van der Waals surface area contributed by atoms with Gasteiger partial charge in [0.1, 0.15) is 12.1 Å².